The fourth-order valence-corrected chi connectivity index (χ4v) is 6.36. The summed E-state index contributed by atoms with van der Waals surface area (Å²) in [5, 5.41) is 2.75. The van der Waals surface area contributed by atoms with Crippen LogP contribution >= 0.6 is 0 Å². The SMILES string of the molecule is CC(C)(C)OC(=O)N[C@@H](CCN(CCCN1CCOCC1)C[C@H]1O[C@@H](n2cnc3c(N)ncnc32)[C@@H]2OC(C)(C)O[C@@H]21)C(=O)OC(C)(C)C. The molecule has 0 radical (unpaired) electrons. The van der Waals surface area contributed by atoms with Gasteiger partial charge in [0.2, 0.25) is 0 Å². The molecule has 0 spiro atoms. The van der Waals surface area contributed by atoms with E-state index in [1.165, 1.54) is 6.33 Å². The molecule has 2 aromatic rings. The number of rotatable bonds is 12. The Hall–Kier alpha value is -3.15. The summed E-state index contributed by atoms with van der Waals surface area (Å²) in [4.78, 5) is 43.7. The van der Waals surface area contributed by atoms with E-state index in [1.807, 2.05) is 18.4 Å². The van der Waals surface area contributed by atoms with Gasteiger partial charge in [0, 0.05) is 26.2 Å². The van der Waals surface area contributed by atoms with Crippen LogP contribution in [0.2, 0.25) is 0 Å². The normalized spacial score (nSPS) is 25.0. The van der Waals surface area contributed by atoms with Gasteiger partial charge in [0.1, 0.15) is 47.4 Å². The van der Waals surface area contributed by atoms with Crippen molar-refractivity contribution in [2.45, 2.75) is 116 Å². The molecule has 3 aliphatic rings. The number of carbonyl (C=O) groups excluding carboxylic acids is 2. The third-order valence-corrected chi connectivity index (χ3v) is 8.39. The maximum absolute atomic E-state index is 13.3. The van der Waals surface area contributed by atoms with Gasteiger partial charge in [-0.2, -0.15) is 0 Å². The van der Waals surface area contributed by atoms with E-state index in [1.54, 1.807) is 47.9 Å². The molecule has 5 heterocycles. The van der Waals surface area contributed by atoms with Crippen LogP contribution in [0.4, 0.5) is 10.6 Å². The van der Waals surface area contributed by atoms with Crippen LogP contribution in [0.1, 0.15) is 74.5 Å². The van der Waals surface area contributed by atoms with Crippen molar-refractivity contribution in [3.8, 4) is 0 Å². The Morgan fingerprint density at radius 3 is 2.43 bits per heavy atom. The van der Waals surface area contributed by atoms with Crippen LogP contribution in [-0.4, -0.2) is 135 Å². The molecule has 3 fully saturated rings. The molecule has 16 nitrogen and oxygen atoms in total. The first-order chi connectivity index (χ1) is 23.0. The molecular weight excluding hydrogens is 636 g/mol. The molecular formula is C33H54N8O8. The van der Waals surface area contributed by atoms with Crippen LogP contribution in [0.5, 0.6) is 0 Å². The zero-order valence-electron chi connectivity index (χ0n) is 30.1. The van der Waals surface area contributed by atoms with E-state index >= 15 is 0 Å². The largest absolute Gasteiger partial charge is 0.458 e. The minimum Gasteiger partial charge on any atom is -0.458 e. The van der Waals surface area contributed by atoms with E-state index in [-0.39, 0.29) is 11.9 Å². The molecule has 5 atom stereocenters. The van der Waals surface area contributed by atoms with Crippen molar-refractivity contribution in [2.24, 2.45) is 0 Å². The van der Waals surface area contributed by atoms with Gasteiger partial charge < -0.3 is 44.4 Å². The number of aromatic nitrogens is 4. The van der Waals surface area contributed by atoms with Crippen LogP contribution in [0.15, 0.2) is 12.7 Å². The quantitative estimate of drug-likeness (QED) is 0.311. The van der Waals surface area contributed by atoms with E-state index in [0.29, 0.717) is 30.7 Å². The number of anilines is 1. The number of morpholine rings is 1. The fourth-order valence-electron chi connectivity index (χ4n) is 6.36. The molecule has 5 rings (SSSR count). The molecule has 0 aromatic carbocycles. The summed E-state index contributed by atoms with van der Waals surface area (Å²) in [7, 11) is 0. The van der Waals surface area contributed by atoms with Crippen molar-refractivity contribution in [3.05, 3.63) is 12.7 Å². The molecule has 1 amide bonds. The highest BCUT2D eigenvalue weighted by Crippen LogP contribution is 2.44. The summed E-state index contributed by atoms with van der Waals surface area (Å²) >= 11 is 0. The lowest BCUT2D eigenvalue weighted by Crippen LogP contribution is -2.48. The van der Waals surface area contributed by atoms with E-state index < -0.39 is 53.5 Å². The zero-order valence-corrected chi connectivity index (χ0v) is 30.1. The first kappa shape index (κ1) is 37.1. The van der Waals surface area contributed by atoms with Crippen molar-refractivity contribution < 1.29 is 38.0 Å². The van der Waals surface area contributed by atoms with Crippen LogP contribution in [0.3, 0.4) is 0 Å². The molecule has 3 aliphatic heterocycles. The van der Waals surface area contributed by atoms with Gasteiger partial charge in [0.15, 0.2) is 23.5 Å². The minimum absolute atomic E-state index is 0.282. The lowest BCUT2D eigenvalue weighted by molar-refractivity contribution is -0.198. The number of nitrogens with zero attached hydrogens (tertiary/aromatic N) is 6. The number of amides is 1. The lowest BCUT2D eigenvalue weighted by atomic mass is 10.1. The van der Waals surface area contributed by atoms with Crippen molar-refractivity contribution in [2.75, 3.05) is 58.2 Å². The third kappa shape index (κ3) is 9.98. The monoisotopic (exact) mass is 690 g/mol. The number of imidazole rings is 1. The summed E-state index contributed by atoms with van der Waals surface area (Å²) in [6.07, 6.45) is 1.74. The van der Waals surface area contributed by atoms with Crippen molar-refractivity contribution in [1.29, 1.82) is 0 Å². The van der Waals surface area contributed by atoms with Crippen molar-refractivity contribution >= 4 is 29.0 Å². The second kappa shape index (κ2) is 15.0. The molecule has 0 saturated carbocycles. The van der Waals surface area contributed by atoms with E-state index in [4.69, 9.17) is 34.2 Å². The Balaban J connectivity index is 1.35. The molecule has 274 valence electrons. The van der Waals surface area contributed by atoms with Gasteiger partial charge in [-0.15, -0.1) is 0 Å². The predicted octanol–water partition coefficient (Wildman–Crippen LogP) is 2.48. The number of nitrogens with two attached hydrogens (primary N) is 1. The van der Waals surface area contributed by atoms with Crippen LogP contribution in [0, 0.1) is 0 Å². The molecule has 0 unspecified atom stereocenters. The highest BCUT2D eigenvalue weighted by atomic mass is 16.8. The maximum atomic E-state index is 13.3. The number of fused-ring (bicyclic) bond motifs is 2. The zero-order chi connectivity index (χ0) is 35.6. The Kier molecular flexibility index (Phi) is 11.4. The number of alkyl carbamates (subject to hydrolysis) is 1. The second-order valence-corrected chi connectivity index (χ2v) is 15.3. The van der Waals surface area contributed by atoms with Gasteiger partial charge in [-0.1, -0.05) is 0 Å². The standard InChI is InChI=1S/C33H54N8O8/c1-31(2,3)48-29(42)21(38-30(43)49-32(4,5)6)10-13-40(12-9-11-39-14-16-44-17-15-39)18-22-24-25(47-33(7,8)46-24)28(45-22)41-20-37-23-26(34)35-19-36-27(23)41/h19-22,24-25,28H,9-18H2,1-8H3,(H,38,43)(H2,34,35,36)/t21-,22+,24+,25+,28+/m0/s1. The number of nitrogen functional groups attached to an aromatic ring is 1. The number of esters is 1. The molecule has 16 heteroatoms. The van der Waals surface area contributed by atoms with Gasteiger partial charge in [0.25, 0.3) is 0 Å². The van der Waals surface area contributed by atoms with Gasteiger partial charge in [-0.3, -0.25) is 9.47 Å². The first-order valence-electron chi connectivity index (χ1n) is 17.2. The topological polar surface area (TPSA) is 178 Å². The Morgan fingerprint density at radius 2 is 1.73 bits per heavy atom. The van der Waals surface area contributed by atoms with E-state index in [9.17, 15) is 9.59 Å². The smallest absolute Gasteiger partial charge is 0.408 e. The van der Waals surface area contributed by atoms with Gasteiger partial charge in [0.05, 0.1) is 19.5 Å². The van der Waals surface area contributed by atoms with E-state index in [2.05, 4.69) is 30.1 Å². The van der Waals surface area contributed by atoms with Crippen LogP contribution < -0.4 is 11.1 Å². The third-order valence-electron chi connectivity index (χ3n) is 8.39. The Morgan fingerprint density at radius 1 is 1.04 bits per heavy atom. The lowest BCUT2D eigenvalue weighted by Gasteiger charge is -2.32. The molecule has 49 heavy (non-hydrogen) atoms. The van der Waals surface area contributed by atoms with Crippen molar-refractivity contribution in [1.82, 2.24) is 34.6 Å². The number of nitrogens with one attached hydrogen (secondary N) is 1. The highest BCUT2D eigenvalue weighted by molar-refractivity contribution is 5.82. The minimum atomic E-state index is -0.923. The van der Waals surface area contributed by atoms with Crippen LogP contribution in [0.25, 0.3) is 11.2 Å². The molecule has 0 aliphatic carbocycles. The number of hydrogen-bond acceptors (Lipinski definition) is 14. The molecule has 3 N–H and O–H groups in total. The van der Waals surface area contributed by atoms with Crippen LogP contribution in [-0.2, 0) is 33.2 Å². The molecule has 0 bridgehead atoms. The summed E-state index contributed by atoms with van der Waals surface area (Å²) in [5.41, 5.74) is 5.65. The Labute approximate surface area is 288 Å². The summed E-state index contributed by atoms with van der Waals surface area (Å²) < 4.78 is 38.1. The average Bonchev–Trinajstić information content (AvgIpc) is 3.65. The van der Waals surface area contributed by atoms with E-state index in [0.717, 1.165) is 45.8 Å². The van der Waals surface area contributed by atoms with Gasteiger partial charge >= 0.3 is 12.1 Å². The summed E-state index contributed by atoms with van der Waals surface area (Å²) in [6, 6.07) is -0.923. The molecule has 3 saturated heterocycles. The average molecular weight is 691 g/mol. The van der Waals surface area contributed by atoms with Crippen molar-refractivity contribution in [3.63, 3.8) is 0 Å². The fraction of sp³-hybridized carbons (Fsp3) is 0.788. The maximum Gasteiger partial charge on any atom is 0.408 e. The van der Waals surface area contributed by atoms with Gasteiger partial charge in [-0.05, 0) is 81.3 Å². The number of hydrogen-bond donors (Lipinski definition) is 2. The van der Waals surface area contributed by atoms with Gasteiger partial charge in [-0.25, -0.2) is 24.5 Å². The summed E-state index contributed by atoms with van der Waals surface area (Å²) in [5.74, 6) is -1.07. The summed E-state index contributed by atoms with van der Waals surface area (Å²) in [6.45, 7) is 20.3. The first-order valence-corrected chi connectivity index (χ1v) is 17.2. The predicted molar refractivity (Wildman–Crippen MR) is 179 cm³/mol. The molecule has 2 aromatic heterocycles. The number of ether oxygens (including phenoxy) is 6. The Bertz CT molecular complexity index is 1430. The highest BCUT2D eigenvalue weighted by Gasteiger charge is 2.56. The number of carbonyl (C=O) groups is 2. The second-order valence-electron chi connectivity index (χ2n) is 15.3.